The molecular weight excluding hydrogens is 361 g/mol. The molecule has 0 aliphatic carbocycles. The molecule has 2 aliphatic heterocycles. The minimum Gasteiger partial charge on any atom is -0.375 e. The summed E-state index contributed by atoms with van der Waals surface area (Å²) in [7, 11) is 0. The van der Waals surface area contributed by atoms with E-state index in [1.54, 1.807) is 12.4 Å². The number of hydrogen-bond acceptors (Lipinski definition) is 8. The van der Waals surface area contributed by atoms with Gasteiger partial charge in [-0.2, -0.15) is 4.98 Å². The summed E-state index contributed by atoms with van der Waals surface area (Å²) >= 11 is 0. The minimum atomic E-state index is -0.746. The van der Waals surface area contributed by atoms with Gasteiger partial charge in [0.05, 0.1) is 24.4 Å². The van der Waals surface area contributed by atoms with Gasteiger partial charge in [0.2, 0.25) is 11.9 Å². The van der Waals surface area contributed by atoms with E-state index >= 15 is 0 Å². The molecule has 150 valence electrons. The Morgan fingerprint density at radius 2 is 1.86 bits per heavy atom. The average molecular weight is 387 g/mol. The van der Waals surface area contributed by atoms with Crippen molar-refractivity contribution in [1.29, 1.82) is 0 Å². The summed E-state index contributed by atoms with van der Waals surface area (Å²) in [6, 6.07) is 2.15. The molecule has 4 rings (SSSR count). The maximum atomic E-state index is 13.6. The largest absolute Gasteiger partial charge is 0.375 e. The molecule has 0 bridgehead atoms. The molecule has 9 heteroatoms. The van der Waals surface area contributed by atoms with Crippen LogP contribution >= 0.6 is 0 Å². The van der Waals surface area contributed by atoms with E-state index in [1.807, 2.05) is 6.07 Å². The second-order valence-electron chi connectivity index (χ2n) is 7.55. The Kier molecular flexibility index (Phi) is 5.25. The molecule has 4 heterocycles. The summed E-state index contributed by atoms with van der Waals surface area (Å²) in [5.74, 6) is 1.67. The van der Waals surface area contributed by atoms with Crippen LogP contribution in [0.2, 0.25) is 0 Å². The van der Waals surface area contributed by atoms with Crippen molar-refractivity contribution >= 4 is 17.7 Å². The van der Waals surface area contributed by atoms with E-state index in [9.17, 15) is 4.39 Å². The topological polar surface area (TPSA) is 93.3 Å². The first-order valence-electron chi connectivity index (χ1n) is 9.74. The highest BCUT2D eigenvalue weighted by molar-refractivity contribution is 5.64. The molecule has 2 aromatic heterocycles. The number of halogens is 1. The number of alkyl halides is 1. The smallest absolute Gasteiger partial charge is 0.227 e. The van der Waals surface area contributed by atoms with E-state index < -0.39 is 6.17 Å². The molecule has 2 aromatic rings. The summed E-state index contributed by atoms with van der Waals surface area (Å²) in [5.41, 5.74) is 7.13. The molecule has 28 heavy (non-hydrogen) atoms. The van der Waals surface area contributed by atoms with Crippen molar-refractivity contribution in [2.45, 2.75) is 45.0 Å². The van der Waals surface area contributed by atoms with Gasteiger partial charge in [-0.3, -0.25) is 0 Å². The Labute approximate surface area is 164 Å². The summed E-state index contributed by atoms with van der Waals surface area (Å²) in [5, 5.41) is 0. The monoisotopic (exact) mass is 387 g/mol. The summed E-state index contributed by atoms with van der Waals surface area (Å²) in [6.45, 7) is 6.79. The zero-order chi connectivity index (χ0) is 19.7. The lowest BCUT2D eigenvalue weighted by atomic mass is 10.1. The number of piperidine rings is 1. The summed E-state index contributed by atoms with van der Waals surface area (Å²) in [6.07, 6.45) is 3.71. The quantitative estimate of drug-likeness (QED) is 0.856. The van der Waals surface area contributed by atoms with Gasteiger partial charge in [-0.1, -0.05) is 0 Å². The number of rotatable bonds is 3. The normalized spacial score (nSPS) is 23.8. The van der Waals surface area contributed by atoms with Crippen LogP contribution in [-0.4, -0.2) is 64.5 Å². The Morgan fingerprint density at radius 1 is 1.14 bits per heavy atom. The summed E-state index contributed by atoms with van der Waals surface area (Å²) < 4.78 is 19.4. The van der Waals surface area contributed by atoms with Crippen LogP contribution in [0.4, 0.5) is 22.1 Å². The van der Waals surface area contributed by atoms with Crippen molar-refractivity contribution in [3.05, 3.63) is 18.5 Å². The molecule has 0 amide bonds. The zero-order valence-corrected chi connectivity index (χ0v) is 16.3. The number of anilines is 3. The minimum absolute atomic E-state index is 0.125. The van der Waals surface area contributed by atoms with Crippen LogP contribution in [0.25, 0.3) is 11.3 Å². The summed E-state index contributed by atoms with van der Waals surface area (Å²) in [4.78, 5) is 22.0. The van der Waals surface area contributed by atoms with Crippen LogP contribution in [0.5, 0.6) is 0 Å². The predicted octanol–water partition coefficient (Wildman–Crippen LogP) is 2.07. The van der Waals surface area contributed by atoms with Gasteiger partial charge in [0.25, 0.3) is 0 Å². The third kappa shape index (κ3) is 3.99. The van der Waals surface area contributed by atoms with Crippen molar-refractivity contribution in [1.82, 2.24) is 19.9 Å². The molecule has 2 saturated heterocycles. The number of morpholine rings is 1. The molecular formula is C19H26FN7O. The maximum absolute atomic E-state index is 13.6. The first kappa shape index (κ1) is 18.8. The number of nitrogens with zero attached hydrogens (tertiary/aromatic N) is 6. The molecule has 8 nitrogen and oxygen atoms in total. The van der Waals surface area contributed by atoms with E-state index in [-0.39, 0.29) is 18.1 Å². The second-order valence-corrected chi connectivity index (χ2v) is 7.55. The van der Waals surface area contributed by atoms with Crippen LogP contribution < -0.4 is 15.5 Å². The lowest BCUT2D eigenvalue weighted by Gasteiger charge is -2.38. The number of hydrogen-bond donors (Lipinski definition) is 1. The van der Waals surface area contributed by atoms with E-state index in [4.69, 9.17) is 20.4 Å². The predicted molar refractivity (Wildman–Crippen MR) is 106 cm³/mol. The van der Waals surface area contributed by atoms with Crippen molar-refractivity contribution < 1.29 is 9.13 Å². The van der Waals surface area contributed by atoms with Gasteiger partial charge >= 0.3 is 0 Å². The van der Waals surface area contributed by atoms with Crippen molar-refractivity contribution in [3.8, 4) is 11.3 Å². The molecule has 2 atom stereocenters. The third-order valence-electron chi connectivity index (χ3n) is 5.28. The molecule has 2 N–H and O–H groups in total. The fraction of sp³-hybridized carbons (Fsp3) is 0.579. The van der Waals surface area contributed by atoms with Crippen LogP contribution in [0.15, 0.2) is 18.5 Å². The lowest BCUT2D eigenvalue weighted by molar-refractivity contribution is 0.0340. The second kappa shape index (κ2) is 7.83. The standard InChI is InChI=1S/C19H26FN7O/c1-12-11-28-13(2)10-27(12)17-7-16(14-8-22-18(21)23-9-14)24-19(25-17)26-5-3-15(20)4-6-26/h7-9,12-13,15H,3-6,10-11H2,1-2H3,(H2,21,22,23)/t12-,13-/m0/s1. The van der Waals surface area contributed by atoms with E-state index in [0.717, 1.165) is 23.6 Å². The van der Waals surface area contributed by atoms with Crippen LogP contribution in [-0.2, 0) is 4.74 Å². The molecule has 0 aromatic carbocycles. The first-order chi connectivity index (χ1) is 13.5. The van der Waals surface area contributed by atoms with E-state index in [2.05, 4.69) is 33.6 Å². The third-order valence-corrected chi connectivity index (χ3v) is 5.28. The number of aromatic nitrogens is 4. The molecule has 0 radical (unpaired) electrons. The van der Waals surface area contributed by atoms with Gasteiger partial charge in [-0.15, -0.1) is 0 Å². The fourth-order valence-electron chi connectivity index (χ4n) is 3.60. The van der Waals surface area contributed by atoms with Crippen molar-refractivity contribution in [2.75, 3.05) is 41.8 Å². The molecule has 0 saturated carbocycles. The highest BCUT2D eigenvalue weighted by atomic mass is 19.1. The molecule has 0 unspecified atom stereocenters. The van der Waals surface area contributed by atoms with E-state index in [0.29, 0.717) is 38.5 Å². The lowest BCUT2D eigenvalue weighted by Crippen LogP contribution is -2.48. The van der Waals surface area contributed by atoms with Crippen molar-refractivity contribution in [3.63, 3.8) is 0 Å². The average Bonchev–Trinajstić information content (AvgIpc) is 2.70. The fourth-order valence-corrected chi connectivity index (χ4v) is 3.60. The number of nitrogen functional groups attached to an aromatic ring is 1. The van der Waals surface area contributed by atoms with Gasteiger partial charge in [-0.25, -0.2) is 19.3 Å². The molecule has 2 aliphatic rings. The van der Waals surface area contributed by atoms with Crippen LogP contribution in [0, 0.1) is 0 Å². The Hall–Kier alpha value is -2.55. The molecule has 2 fully saturated rings. The van der Waals surface area contributed by atoms with Crippen LogP contribution in [0.3, 0.4) is 0 Å². The van der Waals surface area contributed by atoms with Gasteiger partial charge in [0, 0.05) is 43.7 Å². The number of nitrogens with two attached hydrogens (primary N) is 1. The van der Waals surface area contributed by atoms with Gasteiger partial charge < -0.3 is 20.3 Å². The van der Waals surface area contributed by atoms with E-state index in [1.165, 1.54) is 0 Å². The van der Waals surface area contributed by atoms with Crippen LogP contribution in [0.1, 0.15) is 26.7 Å². The van der Waals surface area contributed by atoms with Crippen molar-refractivity contribution in [2.24, 2.45) is 0 Å². The molecule has 0 spiro atoms. The first-order valence-corrected chi connectivity index (χ1v) is 9.74. The van der Waals surface area contributed by atoms with Gasteiger partial charge in [-0.05, 0) is 26.7 Å². The Bertz CT molecular complexity index is 810. The Morgan fingerprint density at radius 3 is 2.57 bits per heavy atom. The number of ether oxygens (including phenoxy) is 1. The zero-order valence-electron chi connectivity index (χ0n) is 16.3. The highest BCUT2D eigenvalue weighted by Crippen LogP contribution is 2.28. The maximum Gasteiger partial charge on any atom is 0.227 e. The highest BCUT2D eigenvalue weighted by Gasteiger charge is 2.27. The van der Waals surface area contributed by atoms with Gasteiger partial charge in [0.15, 0.2) is 0 Å². The SMILES string of the molecule is C[C@H]1CN(c2cc(-c3cnc(N)nc3)nc(N3CCC(F)CC3)n2)[C@@H](C)CO1. The Balaban J connectivity index is 1.73. The van der Waals surface area contributed by atoms with Gasteiger partial charge in [0.1, 0.15) is 12.0 Å².